The number of methoxy groups -OCH3 is 1. The second-order valence-corrected chi connectivity index (χ2v) is 12.4. The Morgan fingerprint density at radius 1 is 1.10 bits per heavy atom. The normalized spacial score (nSPS) is 17.3. The molecule has 1 aliphatic heterocycles. The maximum Gasteiger partial charge on any atom is 0.225 e. The number of carbonyl (C=O) groups is 1. The summed E-state index contributed by atoms with van der Waals surface area (Å²) in [4.78, 5) is 18.1. The van der Waals surface area contributed by atoms with Crippen LogP contribution in [-0.2, 0) is 4.79 Å². The number of nitrogens with zero attached hydrogens (tertiary/aromatic N) is 2. The van der Waals surface area contributed by atoms with Gasteiger partial charge in [0.1, 0.15) is 16.9 Å². The van der Waals surface area contributed by atoms with Crippen LogP contribution in [0.4, 0.5) is 5.69 Å². The number of fused-ring (bicyclic) bond motifs is 1. The fraction of sp³-hybridized carbons (Fsp3) is 0.581. The van der Waals surface area contributed by atoms with Crippen LogP contribution in [0.5, 0.6) is 11.5 Å². The summed E-state index contributed by atoms with van der Waals surface area (Å²) in [6.07, 6.45) is 10.7. The molecular formula is C31H44Cl2N2O3S. The van der Waals surface area contributed by atoms with E-state index in [0.29, 0.717) is 17.7 Å². The Balaban J connectivity index is 0.00000420. The summed E-state index contributed by atoms with van der Waals surface area (Å²) in [6, 6.07) is 12.1. The molecular weight excluding hydrogens is 551 g/mol. The minimum absolute atomic E-state index is 0. The molecule has 0 bridgehead atoms. The summed E-state index contributed by atoms with van der Waals surface area (Å²) in [6.45, 7) is 9.00. The van der Waals surface area contributed by atoms with E-state index in [2.05, 4.69) is 18.7 Å². The van der Waals surface area contributed by atoms with E-state index >= 15 is 0 Å². The highest BCUT2D eigenvalue weighted by molar-refractivity contribution is 8.00. The van der Waals surface area contributed by atoms with Crippen molar-refractivity contribution in [2.45, 2.75) is 88.4 Å². The Hall–Kier alpha value is -1.60. The standard InChI is InChI=1S/C31H43ClN2O3S.ClH/c1-22(2)33(17-8-12-24-10-6-5-7-11-24)18-9-19-37-29-16-14-26(36-4)21-27(29)31-34(23(3)35)28-15-13-25(32)20-30(28)38-31;/h13-16,20-22,24,31H,5-12,17-19H2,1-4H3;1H. The topological polar surface area (TPSA) is 42.0 Å². The molecule has 8 heteroatoms. The summed E-state index contributed by atoms with van der Waals surface area (Å²) in [5.74, 6) is 2.47. The van der Waals surface area contributed by atoms with Crippen molar-refractivity contribution in [2.24, 2.45) is 5.92 Å². The summed E-state index contributed by atoms with van der Waals surface area (Å²) in [7, 11) is 1.66. The molecule has 39 heavy (non-hydrogen) atoms. The van der Waals surface area contributed by atoms with E-state index in [1.807, 2.05) is 41.3 Å². The number of anilines is 1. The van der Waals surface area contributed by atoms with Gasteiger partial charge in [0.25, 0.3) is 0 Å². The minimum atomic E-state index is -0.238. The molecule has 1 fully saturated rings. The summed E-state index contributed by atoms with van der Waals surface area (Å²) in [5.41, 5.74) is 1.82. The molecule has 1 heterocycles. The second kappa shape index (κ2) is 15.4. The molecule has 2 aromatic rings. The van der Waals surface area contributed by atoms with Crippen molar-refractivity contribution in [3.05, 3.63) is 47.0 Å². The lowest BCUT2D eigenvalue weighted by atomic mass is 9.86. The number of ether oxygens (including phenoxy) is 2. The fourth-order valence-corrected chi connectivity index (χ4v) is 7.37. The van der Waals surface area contributed by atoms with Crippen molar-refractivity contribution in [3.63, 3.8) is 0 Å². The highest BCUT2D eigenvalue weighted by atomic mass is 35.5. The van der Waals surface area contributed by atoms with Gasteiger partial charge in [-0.3, -0.25) is 9.69 Å². The molecule has 0 saturated heterocycles. The van der Waals surface area contributed by atoms with Gasteiger partial charge in [0, 0.05) is 35.0 Å². The molecule has 0 radical (unpaired) electrons. The maximum absolute atomic E-state index is 12.7. The molecule has 4 rings (SSSR count). The SMILES string of the molecule is COc1ccc(OCCCN(CCCC2CCCCC2)C(C)C)c(C2Sc3cc(Cl)ccc3N2C(C)=O)c1.Cl. The summed E-state index contributed by atoms with van der Waals surface area (Å²) in [5, 5.41) is 0.425. The van der Waals surface area contributed by atoms with Crippen LogP contribution in [0.25, 0.3) is 0 Å². The lowest BCUT2D eigenvalue weighted by molar-refractivity contribution is -0.116. The van der Waals surface area contributed by atoms with Crippen molar-refractivity contribution in [3.8, 4) is 11.5 Å². The van der Waals surface area contributed by atoms with Gasteiger partial charge in [-0.2, -0.15) is 0 Å². The first-order chi connectivity index (χ1) is 18.4. The zero-order valence-corrected chi connectivity index (χ0v) is 26.2. The third kappa shape index (κ3) is 8.45. The third-order valence-electron chi connectivity index (χ3n) is 7.84. The number of hydrogen-bond acceptors (Lipinski definition) is 5. The monoisotopic (exact) mass is 594 g/mol. The third-order valence-corrected chi connectivity index (χ3v) is 9.34. The van der Waals surface area contributed by atoms with Crippen LogP contribution in [0.15, 0.2) is 41.3 Å². The number of carbonyl (C=O) groups excluding carboxylic acids is 1. The quantitative estimate of drug-likeness (QED) is 0.230. The average molecular weight is 596 g/mol. The lowest BCUT2D eigenvalue weighted by Crippen LogP contribution is -2.33. The Bertz CT molecular complexity index is 1080. The fourth-order valence-electron chi connectivity index (χ4n) is 5.73. The van der Waals surface area contributed by atoms with Crippen LogP contribution < -0.4 is 14.4 Å². The van der Waals surface area contributed by atoms with Gasteiger partial charge in [-0.15, -0.1) is 12.4 Å². The molecule has 1 aliphatic carbocycles. The number of rotatable bonds is 12. The highest BCUT2D eigenvalue weighted by Crippen LogP contribution is 2.54. The van der Waals surface area contributed by atoms with Crippen LogP contribution in [0.2, 0.25) is 5.02 Å². The zero-order chi connectivity index (χ0) is 27.1. The summed E-state index contributed by atoms with van der Waals surface area (Å²) < 4.78 is 11.9. The largest absolute Gasteiger partial charge is 0.497 e. The zero-order valence-electron chi connectivity index (χ0n) is 23.8. The van der Waals surface area contributed by atoms with Gasteiger partial charge in [-0.05, 0) is 82.0 Å². The first kappa shape index (κ1) is 31.9. The number of amides is 1. The predicted octanol–water partition coefficient (Wildman–Crippen LogP) is 8.77. The Kier molecular flexibility index (Phi) is 12.6. The smallest absolute Gasteiger partial charge is 0.225 e. The lowest BCUT2D eigenvalue weighted by Gasteiger charge is -2.28. The van der Waals surface area contributed by atoms with Gasteiger partial charge >= 0.3 is 0 Å². The summed E-state index contributed by atoms with van der Waals surface area (Å²) >= 11 is 7.88. The highest BCUT2D eigenvalue weighted by Gasteiger charge is 2.36. The van der Waals surface area contributed by atoms with Crippen LogP contribution in [0.1, 0.15) is 83.1 Å². The van der Waals surface area contributed by atoms with Crippen molar-refractivity contribution in [2.75, 3.05) is 31.7 Å². The number of halogens is 2. The molecule has 1 amide bonds. The molecule has 0 spiro atoms. The molecule has 1 atom stereocenters. The van der Waals surface area contributed by atoms with E-state index in [0.717, 1.165) is 53.1 Å². The van der Waals surface area contributed by atoms with E-state index in [9.17, 15) is 4.79 Å². The average Bonchev–Trinajstić information content (AvgIpc) is 3.29. The van der Waals surface area contributed by atoms with Crippen molar-refractivity contribution >= 4 is 47.4 Å². The van der Waals surface area contributed by atoms with Crippen molar-refractivity contribution in [1.29, 1.82) is 0 Å². The predicted molar refractivity (Wildman–Crippen MR) is 166 cm³/mol. The molecule has 0 aromatic heterocycles. The number of hydrogen-bond donors (Lipinski definition) is 0. The van der Waals surface area contributed by atoms with Gasteiger partial charge in [-0.25, -0.2) is 0 Å². The van der Waals surface area contributed by atoms with Gasteiger partial charge in [0.05, 0.1) is 19.4 Å². The first-order valence-corrected chi connectivity index (χ1v) is 15.4. The Morgan fingerprint density at radius 2 is 1.85 bits per heavy atom. The Labute approximate surface area is 250 Å². The number of benzene rings is 2. The molecule has 0 N–H and O–H groups in total. The van der Waals surface area contributed by atoms with E-state index < -0.39 is 0 Å². The molecule has 1 unspecified atom stereocenters. The number of thioether (sulfide) groups is 1. The van der Waals surface area contributed by atoms with Crippen molar-refractivity contribution in [1.82, 2.24) is 4.90 Å². The molecule has 2 aromatic carbocycles. The van der Waals surface area contributed by atoms with E-state index in [4.69, 9.17) is 21.1 Å². The Morgan fingerprint density at radius 3 is 2.54 bits per heavy atom. The van der Waals surface area contributed by atoms with Gasteiger partial charge < -0.3 is 14.4 Å². The van der Waals surface area contributed by atoms with Crippen LogP contribution in [0.3, 0.4) is 0 Å². The van der Waals surface area contributed by atoms with Gasteiger partial charge in [-0.1, -0.05) is 55.5 Å². The first-order valence-electron chi connectivity index (χ1n) is 14.2. The van der Waals surface area contributed by atoms with Crippen LogP contribution in [-0.4, -0.2) is 43.7 Å². The van der Waals surface area contributed by atoms with Gasteiger partial charge in [0.15, 0.2) is 0 Å². The van der Waals surface area contributed by atoms with E-state index in [1.165, 1.54) is 44.9 Å². The minimum Gasteiger partial charge on any atom is -0.497 e. The molecule has 216 valence electrons. The maximum atomic E-state index is 12.7. The van der Waals surface area contributed by atoms with Crippen LogP contribution >= 0.6 is 35.8 Å². The molecule has 2 aliphatic rings. The second-order valence-electron chi connectivity index (χ2n) is 10.9. The van der Waals surface area contributed by atoms with E-state index in [1.54, 1.807) is 25.8 Å². The van der Waals surface area contributed by atoms with E-state index in [-0.39, 0.29) is 23.7 Å². The van der Waals surface area contributed by atoms with Gasteiger partial charge in [0.2, 0.25) is 5.91 Å². The van der Waals surface area contributed by atoms with Crippen LogP contribution in [0, 0.1) is 5.92 Å². The molecule has 1 saturated carbocycles. The molecule has 5 nitrogen and oxygen atoms in total. The van der Waals surface area contributed by atoms with Crippen molar-refractivity contribution < 1.29 is 14.3 Å².